The Morgan fingerprint density at radius 2 is 2.04 bits per heavy atom. The second kappa shape index (κ2) is 5.65. The highest BCUT2D eigenvalue weighted by molar-refractivity contribution is 5.93. The summed E-state index contributed by atoms with van der Waals surface area (Å²) in [4.78, 5) is 4.40. The van der Waals surface area contributed by atoms with Crippen LogP contribution < -0.4 is 5.32 Å². The number of halogens is 1. The Morgan fingerprint density at radius 1 is 1.22 bits per heavy atom. The summed E-state index contributed by atoms with van der Waals surface area (Å²) in [5.41, 5.74) is 3.37. The first-order valence-corrected chi connectivity index (χ1v) is 8.09. The Kier molecular flexibility index (Phi) is 3.48. The van der Waals surface area contributed by atoms with Crippen molar-refractivity contribution < 1.29 is 4.39 Å². The number of rotatable bonds is 3. The zero-order valence-electron chi connectivity index (χ0n) is 13.1. The van der Waals surface area contributed by atoms with Gasteiger partial charge in [0.05, 0.1) is 16.6 Å². The van der Waals surface area contributed by atoms with Gasteiger partial charge in [0.1, 0.15) is 5.82 Å². The van der Waals surface area contributed by atoms with Crippen molar-refractivity contribution in [2.24, 2.45) is 0 Å². The number of fused-ring (bicyclic) bond motifs is 1. The van der Waals surface area contributed by atoms with Gasteiger partial charge in [0.2, 0.25) is 0 Å². The van der Waals surface area contributed by atoms with Crippen LogP contribution in [0.4, 0.5) is 15.9 Å². The van der Waals surface area contributed by atoms with Gasteiger partial charge in [-0.1, -0.05) is 18.9 Å². The van der Waals surface area contributed by atoms with E-state index in [0.29, 0.717) is 22.5 Å². The SMILES string of the molecule is Cc1cc(Nc2cc(C3CCCC3)[nH]n2)c2c(F)cccc2n1. The summed E-state index contributed by atoms with van der Waals surface area (Å²) >= 11 is 0. The van der Waals surface area contributed by atoms with E-state index >= 15 is 0 Å². The van der Waals surface area contributed by atoms with Crippen LogP contribution in [0.2, 0.25) is 0 Å². The van der Waals surface area contributed by atoms with Crippen molar-refractivity contribution in [1.82, 2.24) is 15.2 Å². The van der Waals surface area contributed by atoms with Crippen molar-refractivity contribution in [3.63, 3.8) is 0 Å². The molecule has 4 nitrogen and oxygen atoms in total. The Labute approximate surface area is 134 Å². The molecule has 5 heteroatoms. The fraction of sp³-hybridized carbons (Fsp3) is 0.333. The molecule has 1 aliphatic rings. The van der Waals surface area contributed by atoms with Crippen molar-refractivity contribution in [2.45, 2.75) is 38.5 Å². The normalized spacial score (nSPS) is 15.4. The predicted octanol–water partition coefficient (Wildman–Crippen LogP) is 4.81. The smallest absolute Gasteiger partial charge is 0.152 e. The van der Waals surface area contributed by atoms with Crippen LogP contribution in [0, 0.1) is 12.7 Å². The van der Waals surface area contributed by atoms with Crippen molar-refractivity contribution in [2.75, 3.05) is 5.32 Å². The quantitative estimate of drug-likeness (QED) is 0.730. The number of hydrogen-bond donors (Lipinski definition) is 2. The molecule has 0 bridgehead atoms. The fourth-order valence-corrected chi connectivity index (χ4v) is 3.46. The Hall–Kier alpha value is -2.43. The topological polar surface area (TPSA) is 53.6 Å². The molecular weight excluding hydrogens is 291 g/mol. The Morgan fingerprint density at radius 3 is 2.87 bits per heavy atom. The maximum atomic E-state index is 14.2. The number of aromatic amines is 1. The number of H-pyrrole nitrogens is 1. The van der Waals surface area contributed by atoms with Crippen molar-refractivity contribution in [1.29, 1.82) is 0 Å². The van der Waals surface area contributed by atoms with E-state index in [-0.39, 0.29) is 5.82 Å². The molecule has 2 aromatic heterocycles. The van der Waals surface area contributed by atoms with Gasteiger partial charge in [0, 0.05) is 23.4 Å². The lowest BCUT2D eigenvalue weighted by molar-refractivity contribution is 0.640. The maximum Gasteiger partial charge on any atom is 0.152 e. The third-order valence-corrected chi connectivity index (χ3v) is 4.57. The molecule has 118 valence electrons. The Balaban J connectivity index is 1.70. The highest BCUT2D eigenvalue weighted by Crippen LogP contribution is 2.34. The highest BCUT2D eigenvalue weighted by atomic mass is 19.1. The van der Waals surface area contributed by atoms with Crippen molar-refractivity contribution in [3.05, 3.63) is 47.5 Å². The molecule has 0 radical (unpaired) electrons. The van der Waals surface area contributed by atoms with Crippen LogP contribution in [-0.4, -0.2) is 15.2 Å². The van der Waals surface area contributed by atoms with Crippen LogP contribution >= 0.6 is 0 Å². The second-order valence-electron chi connectivity index (χ2n) is 6.26. The number of benzene rings is 1. The molecule has 1 fully saturated rings. The van der Waals surface area contributed by atoms with E-state index in [1.54, 1.807) is 6.07 Å². The Bertz CT molecular complexity index is 849. The molecule has 0 unspecified atom stereocenters. The van der Waals surface area contributed by atoms with Gasteiger partial charge < -0.3 is 5.32 Å². The first-order valence-electron chi connectivity index (χ1n) is 8.09. The van der Waals surface area contributed by atoms with E-state index in [2.05, 4.69) is 20.5 Å². The van der Waals surface area contributed by atoms with Crippen molar-refractivity contribution >= 4 is 22.4 Å². The predicted molar refractivity (Wildman–Crippen MR) is 89.5 cm³/mol. The average molecular weight is 310 g/mol. The van der Waals surface area contributed by atoms with Crippen LogP contribution in [0.3, 0.4) is 0 Å². The zero-order chi connectivity index (χ0) is 15.8. The number of pyridine rings is 1. The van der Waals surface area contributed by atoms with Gasteiger partial charge in [-0.2, -0.15) is 5.10 Å². The van der Waals surface area contributed by atoms with Gasteiger partial charge in [0.25, 0.3) is 0 Å². The van der Waals surface area contributed by atoms with Gasteiger partial charge >= 0.3 is 0 Å². The first-order chi connectivity index (χ1) is 11.2. The summed E-state index contributed by atoms with van der Waals surface area (Å²) in [6.07, 6.45) is 5.00. The lowest BCUT2D eigenvalue weighted by atomic mass is 10.0. The monoisotopic (exact) mass is 310 g/mol. The first kappa shape index (κ1) is 14.2. The molecule has 2 N–H and O–H groups in total. The summed E-state index contributed by atoms with van der Waals surface area (Å²) in [6, 6.07) is 8.86. The molecule has 0 saturated heterocycles. The molecule has 1 aromatic carbocycles. The van der Waals surface area contributed by atoms with Crippen LogP contribution in [0.1, 0.15) is 43.0 Å². The lowest BCUT2D eigenvalue weighted by Gasteiger charge is -2.09. The highest BCUT2D eigenvalue weighted by Gasteiger charge is 2.19. The van der Waals surface area contributed by atoms with E-state index in [0.717, 1.165) is 11.5 Å². The third-order valence-electron chi connectivity index (χ3n) is 4.57. The van der Waals surface area contributed by atoms with Gasteiger partial charge in [-0.15, -0.1) is 0 Å². The summed E-state index contributed by atoms with van der Waals surface area (Å²) < 4.78 is 14.2. The number of anilines is 2. The van der Waals surface area contributed by atoms with E-state index in [4.69, 9.17) is 0 Å². The zero-order valence-corrected chi connectivity index (χ0v) is 13.1. The minimum absolute atomic E-state index is 0.274. The number of aryl methyl sites for hydroxylation is 1. The van der Waals surface area contributed by atoms with Crippen LogP contribution in [0.5, 0.6) is 0 Å². The molecule has 23 heavy (non-hydrogen) atoms. The molecule has 0 amide bonds. The molecule has 2 heterocycles. The average Bonchev–Trinajstić information content (AvgIpc) is 3.17. The van der Waals surface area contributed by atoms with E-state index in [1.807, 2.05) is 25.1 Å². The molecule has 0 atom stereocenters. The number of aromatic nitrogens is 3. The van der Waals surface area contributed by atoms with E-state index < -0.39 is 0 Å². The molecular formula is C18H19FN4. The van der Waals surface area contributed by atoms with Gasteiger partial charge in [-0.05, 0) is 38.0 Å². The molecule has 1 aliphatic carbocycles. The summed E-state index contributed by atoms with van der Waals surface area (Å²) in [7, 11) is 0. The summed E-state index contributed by atoms with van der Waals surface area (Å²) in [5.74, 6) is 1.02. The van der Waals surface area contributed by atoms with Crippen LogP contribution in [-0.2, 0) is 0 Å². The van der Waals surface area contributed by atoms with Gasteiger partial charge in [-0.25, -0.2) is 4.39 Å². The van der Waals surface area contributed by atoms with E-state index in [9.17, 15) is 4.39 Å². The van der Waals surface area contributed by atoms with Crippen LogP contribution in [0.15, 0.2) is 30.3 Å². The van der Waals surface area contributed by atoms with Gasteiger partial charge in [0.15, 0.2) is 5.82 Å². The largest absolute Gasteiger partial charge is 0.338 e. The minimum Gasteiger partial charge on any atom is -0.338 e. The summed E-state index contributed by atoms with van der Waals surface area (Å²) in [5, 5.41) is 11.2. The molecule has 0 aliphatic heterocycles. The molecule has 0 spiro atoms. The lowest BCUT2D eigenvalue weighted by Crippen LogP contribution is -1.96. The maximum absolute atomic E-state index is 14.2. The number of hydrogen-bond acceptors (Lipinski definition) is 3. The minimum atomic E-state index is -0.274. The van der Waals surface area contributed by atoms with Crippen molar-refractivity contribution in [3.8, 4) is 0 Å². The molecule has 4 rings (SSSR count). The molecule has 3 aromatic rings. The fourth-order valence-electron chi connectivity index (χ4n) is 3.46. The van der Waals surface area contributed by atoms with E-state index in [1.165, 1.54) is 37.4 Å². The third kappa shape index (κ3) is 2.67. The second-order valence-corrected chi connectivity index (χ2v) is 6.26. The molecule has 1 saturated carbocycles. The van der Waals surface area contributed by atoms with Gasteiger partial charge in [-0.3, -0.25) is 10.1 Å². The number of nitrogens with one attached hydrogen (secondary N) is 2. The standard InChI is InChI=1S/C18H19FN4/c1-11-9-16(18-13(19)7-4-8-14(18)20-11)21-17-10-15(22-23-17)12-5-2-3-6-12/h4,7-10,12H,2-3,5-6H2,1H3,(H2,20,21,22,23). The number of nitrogens with zero attached hydrogens (tertiary/aromatic N) is 2. The summed E-state index contributed by atoms with van der Waals surface area (Å²) in [6.45, 7) is 1.91. The van der Waals surface area contributed by atoms with Crippen LogP contribution in [0.25, 0.3) is 10.9 Å².